The third-order valence-corrected chi connectivity index (χ3v) is 3.71. The Labute approximate surface area is 123 Å². The van der Waals surface area contributed by atoms with Crippen molar-refractivity contribution in [2.24, 2.45) is 0 Å². The molecule has 0 radical (unpaired) electrons. The largest absolute Gasteiger partial charge is 0.396 e. The van der Waals surface area contributed by atoms with E-state index in [1.807, 2.05) is 26.0 Å². The average molecular weight is 288 g/mol. The second-order valence-electron chi connectivity index (χ2n) is 5.26. The van der Waals surface area contributed by atoms with Crippen molar-refractivity contribution in [2.75, 3.05) is 6.61 Å². The Morgan fingerprint density at radius 1 is 1.29 bits per heavy atom. The lowest BCUT2D eigenvalue weighted by molar-refractivity contribution is 0.0886. The highest BCUT2D eigenvalue weighted by Crippen LogP contribution is 2.16. The maximum Gasteiger partial charge on any atom is 0.251 e. The van der Waals surface area contributed by atoms with E-state index in [-0.39, 0.29) is 12.5 Å². The van der Waals surface area contributed by atoms with Crippen LogP contribution in [0, 0.1) is 0 Å². The molecule has 0 saturated heterocycles. The van der Waals surface area contributed by atoms with Gasteiger partial charge in [0.15, 0.2) is 0 Å². The highest BCUT2D eigenvalue weighted by Gasteiger charge is 2.24. The van der Waals surface area contributed by atoms with E-state index in [4.69, 9.17) is 5.11 Å². The van der Waals surface area contributed by atoms with Gasteiger partial charge in [-0.15, -0.1) is 10.2 Å². The molecule has 6 nitrogen and oxygen atoms in total. The smallest absolute Gasteiger partial charge is 0.251 e. The summed E-state index contributed by atoms with van der Waals surface area (Å²) in [7, 11) is 0. The Balaban J connectivity index is 2.10. The fraction of sp³-hybridized carbons (Fsp3) is 0.400. The topological polar surface area (TPSA) is 80.0 Å². The van der Waals surface area contributed by atoms with Crippen LogP contribution in [0.25, 0.3) is 5.69 Å². The fourth-order valence-electron chi connectivity index (χ4n) is 2.04. The molecule has 112 valence electrons. The van der Waals surface area contributed by atoms with Crippen molar-refractivity contribution in [1.29, 1.82) is 0 Å². The van der Waals surface area contributed by atoms with Crippen molar-refractivity contribution in [1.82, 2.24) is 20.1 Å². The lowest BCUT2D eigenvalue weighted by Gasteiger charge is -2.29. The first kappa shape index (κ1) is 15.2. The van der Waals surface area contributed by atoms with Crippen molar-refractivity contribution in [2.45, 2.75) is 32.2 Å². The van der Waals surface area contributed by atoms with E-state index in [0.717, 1.165) is 12.1 Å². The zero-order valence-electron chi connectivity index (χ0n) is 12.3. The molecule has 0 aliphatic carbocycles. The minimum absolute atomic E-state index is 0.0528. The lowest BCUT2D eigenvalue weighted by atomic mass is 9.94. The van der Waals surface area contributed by atoms with Crippen molar-refractivity contribution >= 4 is 5.91 Å². The van der Waals surface area contributed by atoms with Crippen LogP contribution in [0.15, 0.2) is 36.9 Å². The zero-order chi connectivity index (χ0) is 15.3. The number of aliphatic hydroxyl groups excluding tert-OH is 1. The SMILES string of the molecule is CCC(C)(CCO)NC(=O)c1ccc(-n2cnnc2)cc1. The molecule has 1 aromatic heterocycles. The van der Waals surface area contributed by atoms with Crippen LogP contribution in [-0.2, 0) is 0 Å². The highest BCUT2D eigenvalue weighted by atomic mass is 16.3. The molecule has 0 fully saturated rings. The number of benzene rings is 1. The van der Waals surface area contributed by atoms with Gasteiger partial charge in [0.25, 0.3) is 5.91 Å². The van der Waals surface area contributed by atoms with E-state index < -0.39 is 5.54 Å². The molecule has 2 rings (SSSR count). The van der Waals surface area contributed by atoms with Crippen LogP contribution in [-0.4, -0.2) is 37.9 Å². The maximum absolute atomic E-state index is 12.3. The quantitative estimate of drug-likeness (QED) is 0.845. The molecule has 1 amide bonds. The van der Waals surface area contributed by atoms with Gasteiger partial charge in [-0.3, -0.25) is 9.36 Å². The molecule has 0 aliphatic heterocycles. The summed E-state index contributed by atoms with van der Waals surface area (Å²) in [6.45, 7) is 3.98. The molecule has 0 bridgehead atoms. The first-order valence-electron chi connectivity index (χ1n) is 6.96. The van der Waals surface area contributed by atoms with Crippen LogP contribution in [0.2, 0.25) is 0 Å². The molecule has 1 aromatic carbocycles. The fourth-order valence-corrected chi connectivity index (χ4v) is 2.04. The second kappa shape index (κ2) is 6.49. The Kier molecular flexibility index (Phi) is 4.70. The van der Waals surface area contributed by atoms with Gasteiger partial charge in [-0.25, -0.2) is 0 Å². The number of nitrogens with one attached hydrogen (secondary N) is 1. The van der Waals surface area contributed by atoms with E-state index in [1.54, 1.807) is 29.4 Å². The van der Waals surface area contributed by atoms with Crippen molar-refractivity contribution in [3.63, 3.8) is 0 Å². The standard InChI is InChI=1S/C15H20N4O2/c1-3-15(2,8-9-20)18-14(21)12-4-6-13(7-5-12)19-10-16-17-11-19/h4-7,10-11,20H,3,8-9H2,1-2H3,(H,18,21). The van der Waals surface area contributed by atoms with Crippen LogP contribution in [0.4, 0.5) is 0 Å². The summed E-state index contributed by atoms with van der Waals surface area (Å²) in [6, 6.07) is 7.21. The van der Waals surface area contributed by atoms with Crippen LogP contribution in [0.1, 0.15) is 37.0 Å². The minimum atomic E-state index is -0.390. The minimum Gasteiger partial charge on any atom is -0.396 e. The summed E-state index contributed by atoms with van der Waals surface area (Å²) in [5, 5.41) is 19.6. The number of hydrogen-bond acceptors (Lipinski definition) is 4. The zero-order valence-corrected chi connectivity index (χ0v) is 12.3. The third kappa shape index (κ3) is 3.66. The molecule has 21 heavy (non-hydrogen) atoms. The van der Waals surface area contributed by atoms with Crippen molar-refractivity contribution in [3.05, 3.63) is 42.5 Å². The van der Waals surface area contributed by atoms with E-state index in [9.17, 15) is 4.79 Å². The van der Waals surface area contributed by atoms with Gasteiger partial charge in [0.1, 0.15) is 12.7 Å². The molecule has 2 N–H and O–H groups in total. The number of hydrogen-bond donors (Lipinski definition) is 2. The summed E-state index contributed by atoms with van der Waals surface area (Å²) >= 11 is 0. The van der Waals surface area contributed by atoms with Gasteiger partial charge in [-0.05, 0) is 44.0 Å². The molecule has 1 heterocycles. The molecule has 1 atom stereocenters. The second-order valence-corrected chi connectivity index (χ2v) is 5.26. The Morgan fingerprint density at radius 2 is 1.90 bits per heavy atom. The lowest BCUT2D eigenvalue weighted by Crippen LogP contribution is -2.46. The summed E-state index contributed by atoms with van der Waals surface area (Å²) in [4.78, 5) is 12.3. The Bertz CT molecular complexity index is 580. The summed E-state index contributed by atoms with van der Waals surface area (Å²) in [5.74, 6) is -0.136. The van der Waals surface area contributed by atoms with Gasteiger partial charge in [0.2, 0.25) is 0 Å². The number of carbonyl (C=O) groups is 1. The van der Waals surface area contributed by atoms with Crippen molar-refractivity contribution < 1.29 is 9.90 Å². The molecule has 2 aromatic rings. The molecule has 6 heteroatoms. The molecule has 0 aliphatic rings. The van der Waals surface area contributed by atoms with E-state index in [0.29, 0.717) is 12.0 Å². The number of carbonyl (C=O) groups excluding carboxylic acids is 1. The van der Waals surface area contributed by atoms with Gasteiger partial charge in [0.05, 0.1) is 0 Å². The number of amides is 1. The summed E-state index contributed by atoms with van der Waals surface area (Å²) < 4.78 is 1.77. The Morgan fingerprint density at radius 3 is 2.43 bits per heavy atom. The summed E-state index contributed by atoms with van der Waals surface area (Å²) in [5.41, 5.74) is 1.09. The van der Waals surface area contributed by atoms with Crippen molar-refractivity contribution in [3.8, 4) is 5.69 Å². The van der Waals surface area contributed by atoms with Gasteiger partial charge in [-0.1, -0.05) is 6.92 Å². The molecule has 1 unspecified atom stereocenters. The highest BCUT2D eigenvalue weighted by molar-refractivity contribution is 5.94. The van der Waals surface area contributed by atoms with Gasteiger partial charge >= 0.3 is 0 Å². The maximum atomic E-state index is 12.3. The average Bonchev–Trinajstić information content (AvgIpc) is 3.02. The number of rotatable bonds is 6. The molecular weight excluding hydrogens is 268 g/mol. The van der Waals surface area contributed by atoms with E-state index in [2.05, 4.69) is 15.5 Å². The van der Waals surface area contributed by atoms with Gasteiger partial charge in [-0.2, -0.15) is 0 Å². The number of aliphatic hydroxyl groups is 1. The first-order valence-corrected chi connectivity index (χ1v) is 6.96. The molecular formula is C15H20N4O2. The predicted molar refractivity (Wildman–Crippen MR) is 79.2 cm³/mol. The number of aromatic nitrogens is 3. The van der Waals surface area contributed by atoms with Crippen LogP contribution < -0.4 is 5.32 Å². The van der Waals surface area contributed by atoms with Crippen LogP contribution in [0.3, 0.4) is 0 Å². The summed E-state index contributed by atoms with van der Waals surface area (Å²) in [6.07, 6.45) is 4.50. The molecule has 0 saturated carbocycles. The predicted octanol–water partition coefficient (Wildman–Crippen LogP) is 1.55. The normalized spacial score (nSPS) is 13.7. The van der Waals surface area contributed by atoms with Crippen LogP contribution >= 0.6 is 0 Å². The number of nitrogens with zero attached hydrogens (tertiary/aromatic N) is 3. The van der Waals surface area contributed by atoms with Gasteiger partial charge in [0, 0.05) is 23.4 Å². The van der Waals surface area contributed by atoms with Crippen LogP contribution in [0.5, 0.6) is 0 Å². The van der Waals surface area contributed by atoms with E-state index in [1.165, 1.54) is 0 Å². The van der Waals surface area contributed by atoms with Gasteiger partial charge < -0.3 is 10.4 Å². The monoisotopic (exact) mass is 288 g/mol. The van der Waals surface area contributed by atoms with E-state index >= 15 is 0 Å². The third-order valence-electron chi connectivity index (χ3n) is 3.71. The Hall–Kier alpha value is -2.21. The first-order chi connectivity index (χ1) is 10.1. The molecule has 0 spiro atoms.